The Morgan fingerprint density at radius 2 is 1.57 bits per heavy atom. The van der Waals surface area contributed by atoms with E-state index in [2.05, 4.69) is 4.98 Å². The zero-order valence-corrected chi connectivity index (χ0v) is 11.0. The van der Waals surface area contributed by atoms with E-state index in [0.29, 0.717) is 5.69 Å². The highest BCUT2D eigenvalue weighted by atomic mass is 35.5. The zero-order valence-electron chi connectivity index (χ0n) is 6.50. The Labute approximate surface area is 111 Å². The van der Waals surface area contributed by atoms with Crippen LogP contribution in [0.3, 0.4) is 0 Å². The SMILES string of the molecule is ClCc1nc(C(Cl)Cl)c(Cl)c(Cl)c1Cl. The highest BCUT2D eigenvalue weighted by molar-refractivity contribution is 6.50. The molecule has 78 valence electrons. The average Bonchev–Trinajstić information content (AvgIpc) is 2.14. The fraction of sp³-hybridized carbons (Fsp3) is 0.286. The molecule has 0 amide bonds. The van der Waals surface area contributed by atoms with Crippen LogP contribution in [0.2, 0.25) is 15.1 Å². The Morgan fingerprint density at radius 1 is 1.00 bits per heavy atom. The van der Waals surface area contributed by atoms with Crippen LogP contribution in [-0.4, -0.2) is 4.98 Å². The van der Waals surface area contributed by atoms with Gasteiger partial charge >= 0.3 is 0 Å². The summed E-state index contributed by atoms with van der Waals surface area (Å²) in [6.07, 6.45) is 0. The molecule has 1 heterocycles. The molecule has 1 aromatic heterocycles. The van der Waals surface area contributed by atoms with Crippen LogP contribution >= 0.6 is 69.6 Å². The van der Waals surface area contributed by atoms with Crippen molar-refractivity contribution in [2.75, 3.05) is 0 Å². The highest BCUT2D eigenvalue weighted by Crippen LogP contribution is 2.39. The Morgan fingerprint density at radius 3 is 2.00 bits per heavy atom. The molecule has 0 radical (unpaired) electrons. The third kappa shape index (κ3) is 2.52. The van der Waals surface area contributed by atoms with Gasteiger partial charge < -0.3 is 0 Å². The van der Waals surface area contributed by atoms with Gasteiger partial charge in [-0.3, -0.25) is 4.98 Å². The number of aromatic nitrogens is 1. The Bertz CT molecular complexity index is 351. The van der Waals surface area contributed by atoms with E-state index in [1.54, 1.807) is 0 Å². The lowest BCUT2D eigenvalue weighted by molar-refractivity contribution is 1.07. The monoisotopic (exact) mass is 311 g/mol. The van der Waals surface area contributed by atoms with Crippen molar-refractivity contribution in [3.8, 4) is 0 Å². The van der Waals surface area contributed by atoms with Gasteiger partial charge in [0.1, 0.15) is 0 Å². The van der Waals surface area contributed by atoms with E-state index in [-0.39, 0.29) is 26.6 Å². The molecule has 1 nitrogen and oxygen atoms in total. The molecule has 0 fully saturated rings. The van der Waals surface area contributed by atoms with Gasteiger partial charge in [-0.1, -0.05) is 58.0 Å². The van der Waals surface area contributed by atoms with Gasteiger partial charge in [0.15, 0.2) is 4.84 Å². The largest absolute Gasteiger partial charge is 0.250 e. The summed E-state index contributed by atoms with van der Waals surface area (Å²) in [5.74, 6) is 0.114. The van der Waals surface area contributed by atoms with Crippen LogP contribution in [0.15, 0.2) is 0 Å². The average molecular weight is 314 g/mol. The summed E-state index contributed by atoms with van der Waals surface area (Å²) in [6.45, 7) is 0. The molecule has 0 bridgehead atoms. The van der Waals surface area contributed by atoms with E-state index in [9.17, 15) is 0 Å². The molecule has 0 saturated carbocycles. The lowest BCUT2D eigenvalue weighted by atomic mass is 10.3. The molecule has 0 aromatic carbocycles. The molecule has 0 atom stereocenters. The van der Waals surface area contributed by atoms with E-state index >= 15 is 0 Å². The molecule has 0 aliphatic heterocycles. The Kier molecular flexibility index (Phi) is 4.89. The number of nitrogens with zero attached hydrogens (tertiary/aromatic N) is 1. The molecule has 0 aliphatic carbocycles. The van der Waals surface area contributed by atoms with E-state index in [0.717, 1.165) is 0 Å². The third-order valence-corrected chi connectivity index (χ3v) is 3.48. The van der Waals surface area contributed by atoms with Gasteiger partial charge in [-0.2, -0.15) is 0 Å². The van der Waals surface area contributed by atoms with Crippen molar-refractivity contribution in [2.24, 2.45) is 0 Å². The summed E-state index contributed by atoms with van der Waals surface area (Å²) < 4.78 is 0. The minimum atomic E-state index is -0.862. The van der Waals surface area contributed by atoms with Gasteiger partial charge in [0.05, 0.1) is 32.3 Å². The Balaban J connectivity index is 3.40. The van der Waals surface area contributed by atoms with Crippen molar-refractivity contribution < 1.29 is 0 Å². The summed E-state index contributed by atoms with van der Waals surface area (Å²) >= 11 is 34.4. The maximum Gasteiger partial charge on any atom is 0.151 e. The van der Waals surface area contributed by atoms with E-state index < -0.39 is 4.84 Å². The van der Waals surface area contributed by atoms with Crippen LogP contribution in [-0.2, 0) is 5.88 Å². The molecule has 0 N–H and O–H groups in total. The van der Waals surface area contributed by atoms with Crippen LogP contribution in [0.1, 0.15) is 16.2 Å². The molecule has 1 aromatic rings. The zero-order chi connectivity index (χ0) is 10.9. The fourth-order valence-corrected chi connectivity index (χ4v) is 2.21. The van der Waals surface area contributed by atoms with Gasteiger partial charge in [-0.25, -0.2) is 0 Å². The van der Waals surface area contributed by atoms with Crippen LogP contribution in [0.25, 0.3) is 0 Å². The lowest BCUT2D eigenvalue weighted by Crippen LogP contribution is -1.97. The van der Waals surface area contributed by atoms with E-state index in [4.69, 9.17) is 69.6 Å². The van der Waals surface area contributed by atoms with Crippen LogP contribution < -0.4 is 0 Å². The molecule has 7 heteroatoms. The van der Waals surface area contributed by atoms with Crippen molar-refractivity contribution >= 4 is 69.6 Å². The Hall–Kier alpha value is 0.890. The second-order valence-electron chi connectivity index (χ2n) is 2.32. The molecule has 1 rings (SSSR count). The van der Waals surface area contributed by atoms with Crippen molar-refractivity contribution in [3.05, 3.63) is 26.5 Å². The molecule has 0 aliphatic rings. The fourth-order valence-electron chi connectivity index (χ4n) is 0.812. The minimum absolute atomic E-state index is 0.114. The third-order valence-electron chi connectivity index (χ3n) is 1.45. The smallest absolute Gasteiger partial charge is 0.151 e. The van der Waals surface area contributed by atoms with Gasteiger partial charge in [-0.15, -0.1) is 11.6 Å². The molecular weight excluding hydrogens is 311 g/mol. The van der Waals surface area contributed by atoms with Crippen molar-refractivity contribution in [2.45, 2.75) is 10.7 Å². The van der Waals surface area contributed by atoms with Gasteiger partial charge in [0.25, 0.3) is 0 Å². The first-order valence-electron chi connectivity index (χ1n) is 3.36. The topological polar surface area (TPSA) is 12.9 Å². The van der Waals surface area contributed by atoms with Gasteiger partial charge in [-0.05, 0) is 0 Å². The van der Waals surface area contributed by atoms with Crippen molar-refractivity contribution in [1.82, 2.24) is 4.98 Å². The van der Waals surface area contributed by atoms with E-state index in [1.807, 2.05) is 0 Å². The predicted molar refractivity (Wildman–Crippen MR) is 63.3 cm³/mol. The van der Waals surface area contributed by atoms with Crippen LogP contribution in [0, 0.1) is 0 Å². The summed E-state index contributed by atoms with van der Waals surface area (Å²) in [6, 6.07) is 0. The first-order chi connectivity index (χ1) is 6.49. The maximum atomic E-state index is 5.83. The minimum Gasteiger partial charge on any atom is -0.250 e. The number of alkyl halides is 3. The predicted octanol–water partition coefficient (Wildman–Crippen LogP) is 5.26. The lowest BCUT2D eigenvalue weighted by Gasteiger charge is -2.09. The summed E-state index contributed by atoms with van der Waals surface area (Å²) in [5.41, 5.74) is 0.670. The van der Waals surface area contributed by atoms with Crippen LogP contribution in [0.5, 0.6) is 0 Å². The normalized spacial score (nSPS) is 11.1. The maximum absolute atomic E-state index is 5.83. The standard InChI is InChI=1S/C7H3Cl6N/c8-1-2-3(9)4(10)5(11)6(14-2)7(12)13/h7H,1H2. The second-order valence-corrected chi connectivity index (χ2v) is 4.82. The molecule has 0 saturated heterocycles. The molecular formula is C7H3Cl6N. The van der Waals surface area contributed by atoms with Crippen molar-refractivity contribution in [3.63, 3.8) is 0 Å². The van der Waals surface area contributed by atoms with Gasteiger partial charge in [0, 0.05) is 0 Å². The highest BCUT2D eigenvalue weighted by Gasteiger charge is 2.19. The molecule has 0 unspecified atom stereocenters. The number of pyridine rings is 1. The first-order valence-corrected chi connectivity index (χ1v) is 5.90. The molecule has 14 heavy (non-hydrogen) atoms. The number of halogens is 6. The first kappa shape index (κ1) is 13.0. The van der Waals surface area contributed by atoms with Crippen LogP contribution in [0.4, 0.5) is 0 Å². The number of rotatable bonds is 2. The van der Waals surface area contributed by atoms with Crippen molar-refractivity contribution in [1.29, 1.82) is 0 Å². The summed E-state index contributed by atoms with van der Waals surface area (Å²) in [4.78, 5) is 3.14. The second kappa shape index (κ2) is 5.29. The summed E-state index contributed by atoms with van der Waals surface area (Å²) in [5, 5.41) is 0.546. The van der Waals surface area contributed by atoms with E-state index in [1.165, 1.54) is 0 Å². The quantitative estimate of drug-likeness (QED) is 0.679. The number of hydrogen-bond donors (Lipinski definition) is 0. The number of hydrogen-bond acceptors (Lipinski definition) is 1. The molecule has 0 spiro atoms. The summed E-state index contributed by atoms with van der Waals surface area (Å²) in [7, 11) is 0. The van der Waals surface area contributed by atoms with Gasteiger partial charge in [0.2, 0.25) is 0 Å².